The van der Waals surface area contributed by atoms with Crippen LogP contribution in [0.25, 0.3) is 0 Å². The molecule has 112 valence electrons. The maximum absolute atomic E-state index is 5.18. The van der Waals surface area contributed by atoms with Crippen LogP contribution in [0.15, 0.2) is 24.3 Å². The second-order valence-corrected chi connectivity index (χ2v) is 5.11. The van der Waals surface area contributed by atoms with Crippen molar-refractivity contribution in [3.05, 3.63) is 41.3 Å². The van der Waals surface area contributed by atoms with E-state index in [1.807, 2.05) is 31.2 Å². The highest BCUT2D eigenvalue weighted by Crippen LogP contribution is 2.28. The van der Waals surface area contributed by atoms with Crippen molar-refractivity contribution < 1.29 is 4.74 Å². The van der Waals surface area contributed by atoms with E-state index in [2.05, 4.69) is 15.3 Å². The summed E-state index contributed by atoms with van der Waals surface area (Å²) in [6.07, 6.45) is 4.58. The quantitative estimate of drug-likeness (QED) is 0.936. The van der Waals surface area contributed by atoms with Gasteiger partial charge in [-0.05, 0) is 56.9 Å². The topological polar surface area (TPSA) is 47.0 Å². The predicted molar refractivity (Wildman–Crippen MR) is 86.9 cm³/mol. The maximum atomic E-state index is 5.18. The highest BCUT2D eigenvalue weighted by Gasteiger charge is 2.16. The molecule has 3 rings (SSSR count). The molecule has 0 radical (unpaired) electrons. The molecule has 1 aromatic carbocycles. The maximum Gasteiger partial charge on any atom is 0.137 e. The molecule has 0 saturated heterocycles. The summed E-state index contributed by atoms with van der Waals surface area (Å²) in [6.45, 7) is 1.95. The van der Waals surface area contributed by atoms with Gasteiger partial charge in [-0.15, -0.1) is 12.4 Å². The number of anilines is 2. The highest BCUT2D eigenvalue weighted by molar-refractivity contribution is 5.85. The van der Waals surface area contributed by atoms with Crippen molar-refractivity contribution in [2.24, 2.45) is 0 Å². The van der Waals surface area contributed by atoms with E-state index in [9.17, 15) is 0 Å². The van der Waals surface area contributed by atoms with Crippen LogP contribution in [0.2, 0.25) is 0 Å². The number of rotatable bonds is 3. The Morgan fingerprint density at radius 3 is 2.48 bits per heavy atom. The average molecular weight is 306 g/mol. The second kappa shape index (κ2) is 6.76. The van der Waals surface area contributed by atoms with E-state index in [0.29, 0.717) is 0 Å². The Balaban J connectivity index is 0.00000161. The first-order valence-corrected chi connectivity index (χ1v) is 7.04. The van der Waals surface area contributed by atoms with Crippen molar-refractivity contribution in [2.45, 2.75) is 32.6 Å². The molecular weight excluding hydrogens is 286 g/mol. The van der Waals surface area contributed by atoms with Crippen molar-refractivity contribution in [1.29, 1.82) is 0 Å². The van der Waals surface area contributed by atoms with Crippen molar-refractivity contribution in [3.8, 4) is 5.75 Å². The van der Waals surface area contributed by atoms with Crippen LogP contribution in [0.4, 0.5) is 11.5 Å². The number of aryl methyl sites for hydroxylation is 2. The van der Waals surface area contributed by atoms with Gasteiger partial charge in [-0.25, -0.2) is 9.97 Å². The van der Waals surface area contributed by atoms with Crippen LogP contribution in [0.3, 0.4) is 0 Å². The number of aromatic nitrogens is 2. The summed E-state index contributed by atoms with van der Waals surface area (Å²) in [4.78, 5) is 9.14. The largest absolute Gasteiger partial charge is 0.497 e. The number of benzene rings is 1. The molecule has 0 atom stereocenters. The Morgan fingerprint density at radius 1 is 1.05 bits per heavy atom. The van der Waals surface area contributed by atoms with E-state index < -0.39 is 0 Å². The molecule has 0 aliphatic heterocycles. The fraction of sp³-hybridized carbons (Fsp3) is 0.375. The monoisotopic (exact) mass is 305 g/mol. The molecule has 1 aliphatic rings. The first-order chi connectivity index (χ1) is 9.76. The highest BCUT2D eigenvalue weighted by atomic mass is 35.5. The first-order valence-electron chi connectivity index (χ1n) is 7.04. The Bertz CT molecular complexity index is 614. The minimum absolute atomic E-state index is 0. The summed E-state index contributed by atoms with van der Waals surface area (Å²) >= 11 is 0. The summed E-state index contributed by atoms with van der Waals surface area (Å²) in [5, 5.41) is 3.42. The SMILES string of the molecule is COc1ccc(Nc2nc(C)nc3c2CCCC3)cc1.Cl. The van der Waals surface area contributed by atoms with Gasteiger partial charge >= 0.3 is 0 Å². The van der Waals surface area contributed by atoms with Crippen molar-refractivity contribution >= 4 is 23.9 Å². The number of ether oxygens (including phenoxy) is 1. The zero-order valence-electron chi connectivity index (χ0n) is 12.3. The van der Waals surface area contributed by atoms with Crippen LogP contribution in [-0.2, 0) is 12.8 Å². The van der Waals surface area contributed by atoms with Crippen LogP contribution in [-0.4, -0.2) is 17.1 Å². The van der Waals surface area contributed by atoms with E-state index in [0.717, 1.165) is 35.9 Å². The van der Waals surface area contributed by atoms with Gasteiger partial charge in [0.15, 0.2) is 0 Å². The van der Waals surface area contributed by atoms with Crippen LogP contribution >= 0.6 is 12.4 Å². The van der Waals surface area contributed by atoms with E-state index in [-0.39, 0.29) is 12.4 Å². The zero-order chi connectivity index (χ0) is 13.9. The molecule has 1 N–H and O–H groups in total. The molecule has 0 fully saturated rings. The molecule has 1 aromatic heterocycles. The van der Waals surface area contributed by atoms with Crippen LogP contribution in [0.5, 0.6) is 5.75 Å². The smallest absolute Gasteiger partial charge is 0.137 e. The van der Waals surface area contributed by atoms with E-state index >= 15 is 0 Å². The Kier molecular flexibility index (Phi) is 5.02. The molecular formula is C16H20ClN3O. The molecule has 1 aliphatic carbocycles. The van der Waals surface area contributed by atoms with Gasteiger partial charge in [0.05, 0.1) is 7.11 Å². The van der Waals surface area contributed by atoms with Gasteiger partial charge < -0.3 is 10.1 Å². The predicted octanol–water partition coefficient (Wildman–Crippen LogP) is 3.84. The second-order valence-electron chi connectivity index (χ2n) is 5.11. The summed E-state index contributed by atoms with van der Waals surface area (Å²) in [5.74, 6) is 2.65. The molecule has 0 unspecified atom stereocenters. The number of hydrogen-bond acceptors (Lipinski definition) is 4. The lowest BCUT2D eigenvalue weighted by molar-refractivity contribution is 0.415. The lowest BCUT2D eigenvalue weighted by atomic mass is 9.96. The van der Waals surface area contributed by atoms with Gasteiger partial charge in [-0.3, -0.25) is 0 Å². The minimum Gasteiger partial charge on any atom is -0.497 e. The molecule has 5 heteroatoms. The summed E-state index contributed by atoms with van der Waals surface area (Å²) in [7, 11) is 1.67. The van der Waals surface area contributed by atoms with Gasteiger partial charge in [0.2, 0.25) is 0 Å². The number of methoxy groups -OCH3 is 1. The molecule has 0 spiro atoms. The number of nitrogens with zero attached hydrogens (tertiary/aromatic N) is 2. The lowest BCUT2D eigenvalue weighted by Crippen LogP contribution is -2.11. The zero-order valence-corrected chi connectivity index (χ0v) is 13.2. The standard InChI is InChI=1S/C16H19N3O.ClH/c1-11-17-15-6-4-3-5-14(15)16(18-11)19-12-7-9-13(20-2)10-8-12;/h7-10H,3-6H2,1-2H3,(H,17,18,19);1H. The Morgan fingerprint density at radius 2 is 1.76 bits per heavy atom. The van der Waals surface area contributed by atoms with Crippen molar-refractivity contribution in [2.75, 3.05) is 12.4 Å². The Hall–Kier alpha value is -1.81. The summed E-state index contributed by atoms with van der Waals surface area (Å²) < 4.78 is 5.18. The summed E-state index contributed by atoms with van der Waals surface area (Å²) in [5.41, 5.74) is 3.51. The molecule has 0 amide bonds. The number of halogens is 1. The molecule has 0 bridgehead atoms. The normalized spacial score (nSPS) is 13.0. The van der Waals surface area contributed by atoms with Crippen molar-refractivity contribution in [3.63, 3.8) is 0 Å². The van der Waals surface area contributed by atoms with Crippen LogP contribution in [0.1, 0.15) is 29.9 Å². The van der Waals surface area contributed by atoms with Crippen LogP contribution < -0.4 is 10.1 Å². The number of nitrogens with one attached hydrogen (secondary N) is 1. The van der Waals surface area contributed by atoms with E-state index in [1.165, 1.54) is 24.1 Å². The van der Waals surface area contributed by atoms with E-state index in [1.54, 1.807) is 7.11 Å². The third-order valence-corrected chi connectivity index (χ3v) is 3.65. The molecule has 21 heavy (non-hydrogen) atoms. The van der Waals surface area contributed by atoms with Gasteiger partial charge in [0.25, 0.3) is 0 Å². The first kappa shape index (κ1) is 15.6. The molecule has 0 saturated carbocycles. The molecule has 2 aromatic rings. The molecule has 4 nitrogen and oxygen atoms in total. The average Bonchev–Trinajstić information content (AvgIpc) is 2.48. The van der Waals surface area contributed by atoms with Crippen LogP contribution in [0, 0.1) is 6.92 Å². The lowest BCUT2D eigenvalue weighted by Gasteiger charge is -2.19. The van der Waals surface area contributed by atoms with Gasteiger partial charge in [-0.2, -0.15) is 0 Å². The number of fused-ring (bicyclic) bond motifs is 1. The van der Waals surface area contributed by atoms with Gasteiger partial charge in [-0.1, -0.05) is 0 Å². The molecule has 1 heterocycles. The van der Waals surface area contributed by atoms with Gasteiger partial charge in [0.1, 0.15) is 17.4 Å². The van der Waals surface area contributed by atoms with Crippen molar-refractivity contribution in [1.82, 2.24) is 9.97 Å². The fourth-order valence-electron chi connectivity index (χ4n) is 2.63. The summed E-state index contributed by atoms with van der Waals surface area (Å²) in [6, 6.07) is 7.91. The number of hydrogen-bond donors (Lipinski definition) is 1. The Labute approximate surface area is 131 Å². The third-order valence-electron chi connectivity index (χ3n) is 3.65. The van der Waals surface area contributed by atoms with Gasteiger partial charge in [0, 0.05) is 16.9 Å². The third kappa shape index (κ3) is 3.45. The minimum atomic E-state index is 0. The fourth-order valence-corrected chi connectivity index (χ4v) is 2.63. The van der Waals surface area contributed by atoms with E-state index in [4.69, 9.17) is 4.74 Å².